The minimum absolute atomic E-state index is 0.174. The third-order valence-corrected chi connectivity index (χ3v) is 5.04. The lowest BCUT2D eigenvalue weighted by molar-refractivity contribution is 0.0947. The quantitative estimate of drug-likeness (QED) is 0.569. The van der Waals surface area contributed by atoms with Crippen LogP contribution in [0.25, 0.3) is 21.6 Å². The van der Waals surface area contributed by atoms with Crippen LogP contribution in [0, 0.1) is 0 Å². The number of carbonyl (C=O) groups excluding carboxylic acids is 1. The number of nitrogens with one attached hydrogen (secondary N) is 1. The van der Waals surface area contributed by atoms with Gasteiger partial charge in [-0.1, -0.05) is 18.2 Å². The Labute approximate surface area is 154 Å². The maximum absolute atomic E-state index is 12.3. The number of rotatable bonds is 6. The highest BCUT2D eigenvalue weighted by Crippen LogP contribution is 2.30. The summed E-state index contributed by atoms with van der Waals surface area (Å²) in [5.74, 6) is -0.174. The van der Waals surface area contributed by atoms with Gasteiger partial charge in [0.2, 0.25) is 0 Å². The van der Waals surface area contributed by atoms with E-state index < -0.39 is 0 Å². The van der Waals surface area contributed by atoms with E-state index in [-0.39, 0.29) is 5.91 Å². The van der Waals surface area contributed by atoms with Crippen molar-refractivity contribution in [2.75, 3.05) is 6.54 Å². The van der Waals surface area contributed by atoms with Gasteiger partial charge in [0.15, 0.2) is 0 Å². The molecular formula is C18H18N6OS. The monoisotopic (exact) mass is 366 g/mol. The fourth-order valence-electron chi connectivity index (χ4n) is 2.95. The first kappa shape index (κ1) is 16.5. The zero-order valence-electron chi connectivity index (χ0n) is 14.3. The third kappa shape index (κ3) is 3.11. The maximum atomic E-state index is 12.3. The maximum Gasteiger partial charge on any atom is 0.270 e. The minimum Gasteiger partial charge on any atom is -0.349 e. The number of hydrogen-bond donors (Lipinski definition) is 1. The molecule has 0 saturated heterocycles. The van der Waals surface area contributed by atoms with Crippen LogP contribution in [-0.4, -0.2) is 36.8 Å². The molecule has 0 radical (unpaired) electrons. The second-order valence-electron chi connectivity index (χ2n) is 5.79. The van der Waals surface area contributed by atoms with Crippen LogP contribution in [0.1, 0.15) is 17.4 Å². The molecule has 0 atom stereocenters. The molecule has 1 amide bonds. The summed E-state index contributed by atoms with van der Waals surface area (Å²) in [7, 11) is 0. The molecule has 3 heterocycles. The van der Waals surface area contributed by atoms with Gasteiger partial charge in [0, 0.05) is 29.4 Å². The summed E-state index contributed by atoms with van der Waals surface area (Å²) in [6.45, 7) is 4.01. The number of benzene rings is 1. The third-order valence-electron chi connectivity index (χ3n) is 4.18. The van der Waals surface area contributed by atoms with Crippen LogP contribution in [-0.2, 0) is 13.1 Å². The van der Waals surface area contributed by atoms with Crippen LogP contribution in [0.2, 0.25) is 0 Å². The predicted octanol–water partition coefficient (Wildman–Crippen LogP) is 2.81. The Morgan fingerprint density at radius 3 is 3.00 bits per heavy atom. The van der Waals surface area contributed by atoms with E-state index in [0.717, 1.165) is 17.2 Å². The average Bonchev–Trinajstić information content (AvgIpc) is 3.40. The van der Waals surface area contributed by atoms with Crippen LogP contribution in [0.3, 0.4) is 0 Å². The molecule has 0 spiro atoms. The normalized spacial score (nSPS) is 11.1. The second kappa shape index (κ2) is 7.09. The van der Waals surface area contributed by atoms with Gasteiger partial charge < -0.3 is 9.88 Å². The van der Waals surface area contributed by atoms with E-state index in [1.54, 1.807) is 16.4 Å². The Hall–Kier alpha value is -3.00. The van der Waals surface area contributed by atoms with E-state index in [9.17, 15) is 4.79 Å². The minimum atomic E-state index is -0.174. The van der Waals surface area contributed by atoms with Gasteiger partial charge >= 0.3 is 0 Å². The fourth-order valence-corrected chi connectivity index (χ4v) is 3.77. The Morgan fingerprint density at radius 2 is 2.19 bits per heavy atom. The zero-order valence-corrected chi connectivity index (χ0v) is 15.1. The molecular weight excluding hydrogens is 348 g/mol. The van der Waals surface area contributed by atoms with Crippen molar-refractivity contribution in [3.05, 3.63) is 54.1 Å². The van der Waals surface area contributed by atoms with Gasteiger partial charge in [-0.3, -0.25) is 9.48 Å². The summed E-state index contributed by atoms with van der Waals surface area (Å²) < 4.78 is 3.90. The molecule has 0 aliphatic rings. The lowest BCUT2D eigenvalue weighted by Gasteiger charge is -2.05. The number of aryl methyl sites for hydroxylation is 1. The van der Waals surface area contributed by atoms with Crippen molar-refractivity contribution < 1.29 is 4.79 Å². The first-order valence-electron chi connectivity index (χ1n) is 8.41. The number of hydrogen-bond acceptors (Lipinski definition) is 5. The number of amides is 1. The molecule has 132 valence electrons. The van der Waals surface area contributed by atoms with E-state index in [2.05, 4.69) is 50.1 Å². The molecule has 0 aliphatic heterocycles. The first-order chi connectivity index (χ1) is 12.8. The van der Waals surface area contributed by atoms with Crippen LogP contribution in [0.15, 0.2) is 48.4 Å². The van der Waals surface area contributed by atoms with Crippen LogP contribution in [0.4, 0.5) is 0 Å². The summed E-state index contributed by atoms with van der Waals surface area (Å²) >= 11 is 1.49. The molecule has 0 unspecified atom stereocenters. The number of para-hydroxylation sites is 1. The number of carbonyl (C=O) groups is 1. The summed E-state index contributed by atoms with van der Waals surface area (Å²) in [6.07, 6.45) is 3.10. The smallest absolute Gasteiger partial charge is 0.270 e. The lowest BCUT2D eigenvalue weighted by Crippen LogP contribution is -2.27. The van der Waals surface area contributed by atoms with Gasteiger partial charge in [0.1, 0.15) is 23.4 Å². The SMILES string of the molecule is CCn1c(-c2nc(C(=O)NCCn3cncn3)cs2)cc2ccccc21. The van der Waals surface area contributed by atoms with E-state index >= 15 is 0 Å². The van der Waals surface area contributed by atoms with Gasteiger partial charge in [-0.2, -0.15) is 5.10 Å². The Bertz CT molecular complexity index is 1030. The van der Waals surface area contributed by atoms with Gasteiger partial charge in [-0.15, -0.1) is 11.3 Å². The van der Waals surface area contributed by atoms with Crippen molar-refractivity contribution in [2.45, 2.75) is 20.0 Å². The van der Waals surface area contributed by atoms with Crippen LogP contribution < -0.4 is 5.32 Å². The number of fused-ring (bicyclic) bond motifs is 1. The molecule has 1 aromatic carbocycles. The van der Waals surface area contributed by atoms with Crippen molar-refractivity contribution in [3.8, 4) is 10.7 Å². The van der Waals surface area contributed by atoms with Crippen molar-refractivity contribution in [1.82, 2.24) is 29.6 Å². The molecule has 3 aromatic heterocycles. The Balaban J connectivity index is 1.51. The second-order valence-corrected chi connectivity index (χ2v) is 6.64. The van der Waals surface area contributed by atoms with E-state index in [4.69, 9.17) is 0 Å². The molecule has 4 aromatic rings. The van der Waals surface area contributed by atoms with Crippen molar-refractivity contribution >= 4 is 28.1 Å². The van der Waals surface area contributed by atoms with Crippen molar-refractivity contribution in [1.29, 1.82) is 0 Å². The molecule has 0 saturated carbocycles. The summed E-state index contributed by atoms with van der Waals surface area (Å²) in [4.78, 5) is 20.8. The van der Waals surface area contributed by atoms with Gasteiger partial charge in [0.05, 0.1) is 12.2 Å². The summed E-state index contributed by atoms with van der Waals surface area (Å²) in [6, 6.07) is 10.4. The molecule has 7 nitrogen and oxygen atoms in total. The topological polar surface area (TPSA) is 77.6 Å². The molecule has 0 aliphatic carbocycles. The molecule has 26 heavy (non-hydrogen) atoms. The molecule has 0 bridgehead atoms. The molecule has 4 rings (SSSR count). The highest BCUT2D eigenvalue weighted by molar-refractivity contribution is 7.13. The standard InChI is InChI=1S/C18H18N6OS/c1-2-24-15-6-4-3-5-13(15)9-16(24)18-22-14(10-26-18)17(25)20-7-8-23-12-19-11-21-23/h3-6,9-12H,2,7-8H2,1H3,(H,20,25). The van der Waals surface area contributed by atoms with Crippen LogP contribution >= 0.6 is 11.3 Å². The van der Waals surface area contributed by atoms with Crippen molar-refractivity contribution in [2.24, 2.45) is 0 Å². The van der Waals surface area contributed by atoms with Crippen LogP contribution in [0.5, 0.6) is 0 Å². The van der Waals surface area contributed by atoms with E-state index in [0.29, 0.717) is 18.8 Å². The molecule has 1 N–H and O–H groups in total. The van der Waals surface area contributed by atoms with Gasteiger partial charge in [0.25, 0.3) is 5.91 Å². The van der Waals surface area contributed by atoms with Gasteiger partial charge in [-0.25, -0.2) is 9.97 Å². The first-order valence-corrected chi connectivity index (χ1v) is 9.29. The van der Waals surface area contributed by atoms with E-state index in [1.807, 2.05) is 12.1 Å². The number of nitrogens with zero attached hydrogens (tertiary/aromatic N) is 5. The van der Waals surface area contributed by atoms with Gasteiger partial charge in [-0.05, 0) is 19.1 Å². The van der Waals surface area contributed by atoms with E-state index in [1.165, 1.54) is 28.6 Å². The highest BCUT2D eigenvalue weighted by atomic mass is 32.1. The lowest BCUT2D eigenvalue weighted by atomic mass is 10.2. The number of aromatic nitrogens is 5. The highest BCUT2D eigenvalue weighted by Gasteiger charge is 2.15. The molecule has 8 heteroatoms. The largest absolute Gasteiger partial charge is 0.349 e. The summed E-state index contributed by atoms with van der Waals surface area (Å²) in [5, 5.41) is 10.7. The molecule has 0 fully saturated rings. The number of thiazole rings is 1. The average molecular weight is 366 g/mol. The predicted molar refractivity (Wildman–Crippen MR) is 101 cm³/mol. The Morgan fingerprint density at radius 1 is 1.31 bits per heavy atom. The fraction of sp³-hybridized carbons (Fsp3) is 0.222. The summed E-state index contributed by atoms with van der Waals surface area (Å²) in [5.41, 5.74) is 2.66. The van der Waals surface area contributed by atoms with Crippen molar-refractivity contribution in [3.63, 3.8) is 0 Å². The Kier molecular flexibility index (Phi) is 4.49. The zero-order chi connectivity index (χ0) is 17.9.